The zero-order valence-electron chi connectivity index (χ0n) is 12.0. The Hall–Kier alpha value is -2.86. The summed E-state index contributed by atoms with van der Waals surface area (Å²) < 4.78 is 0. The number of nitrogens with zero attached hydrogens (tertiary/aromatic N) is 2. The molecular formula is C18H15N3. The number of hydrogen-bond donors (Lipinski definition) is 1. The monoisotopic (exact) mass is 273 g/mol. The summed E-state index contributed by atoms with van der Waals surface area (Å²) in [6, 6.07) is 16.3. The average Bonchev–Trinajstić information content (AvgIpc) is 2.87. The summed E-state index contributed by atoms with van der Waals surface area (Å²) >= 11 is 0. The van der Waals surface area contributed by atoms with E-state index in [1.165, 1.54) is 11.1 Å². The van der Waals surface area contributed by atoms with E-state index in [-0.39, 0.29) is 0 Å². The second kappa shape index (κ2) is 5.26. The van der Waals surface area contributed by atoms with Crippen LogP contribution in [0, 0.1) is 25.2 Å². The molecule has 0 radical (unpaired) electrons. The molecule has 3 rings (SSSR count). The molecule has 3 aromatic rings. The average molecular weight is 273 g/mol. The Morgan fingerprint density at radius 3 is 2.71 bits per heavy atom. The van der Waals surface area contributed by atoms with Gasteiger partial charge in [0, 0.05) is 0 Å². The van der Waals surface area contributed by atoms with E-state index in [0.29, 0.717) is 11.4 Å². The van der Waals surface area contributed by atoms with Crippen LogP contribution < -0.4 is 0 Å². The zero-order valence-corrected chi connectivity index (χ0v) is 12.0. The first kappa shape index (κ1) is 13.1. The van der Waals surface area contributed by atoms with Crippen molar-refractivity contribution in [1.82, 2.24) is 9.97 Å². The highest BCUT2D eigenvalue weighted by molar-refractivity contribution is 5.90. The number of aromatic amines is 1. The van der Waals surface area contributed by atoms with E-state index in [9.17, 15) is 5.26 Å². The molecule has 0 saturated carbocycles. The van der Waals surface area contributed by atoms with Crippen LogP contribution in [0.25, 0.3) is 22.7 Å². The summed E-state index contributed by atoms with van der Waals surface area (Å²) in [5.41, 5.74) is 5.70. The maximum Gasteiger partial charge on any atom is 0.149 e. The van der Waals surface area contributed by atoms with Crippen molar-refractivity contribution in [1.29, 1.82) is 5.26 Å². The molecule has 0 atom stereocenters. The molecule has 1 N–H and O–H groups in total. The molecule has 0 amide bonds. The van der Waals surface area contributed by atoms with Crippen LogP contribution in [0.4, 0.5) is 0 Å². The number of imidazole rings is 1. The van der Waals surface area contributed by atoms with Gasteiger partial charge in [-0.2, -0.15) is 5.26 Å². The highest BCUT2D eigenvalue weighted by Gasteiger charge is 2.08. The van der Waals surface area contributed by atoms with Crippen LogP contribution in [-0.2, 0) is 0 Å². The lowest BCUT2D eigenvalue weighted by Crippen LogP contribution is -1.85. The summed E-state index contributed by atoms with van der Waals surface area (Å²) in [4.78, 5) is 7.72. The lowest BCUT2D eigenvalue weighted by Gasteiger charge is -1.97. The third kappa shape index (κ3) is 2.70. The predicted octanol–water partition coefficient (Wildman–Crippen LogP) is 4.24. The molecule has 0 bridgehead atoms. The van der Waals surface area contributed by atoms with Crippen LogP contribution in [0.3, 0.4) is 0 Å². The Labute approximate surface area is 123 Å². The number of hydrogen-bond acceptors (Lipinski definition) is 2. The van der Waals surface area contributed by atoms with Gasteiger partial charge in [-0.15, -0.1) is 0 Å². The van der Waals surface area contributed by atoms with Crippen LogP contribution >= 0.6 is 0 Å². The number of nitriles is 1. The highest BCUT2D eigenvalue weighted by Crippen LogP contribution is 2.20. The van der Waals surface area contributed by atoms with Gasteiger partial charge in [-0.3, -0.25) is 0 Å². The van der Waals surface area contributed by atoms with Crippen LogP contribution in [0.15, 0.2) is 42.5 Å². The molecule has 0 aliphatic rings. The van der Waals surface area contributed by atoms with Crippen molar-refractivity contribution in [2.75, 3.05) is 0 Å². The van der Waals surface area contributed by atoms with E-state index in [1.807, 2.05) is 62.4 Å². The van der Waals surface area contributed by atoms with Gasteiger partial charge in [0.2, 0.25) is 0 Å². The van der Waals surface area contributed by atoms with Crippen molar-refractivity contribution in [3.05, 3.63) is 65.0 Å². The smallest absolute Gasteiger partial charge is 0.149 e. The molecule has 2 aromatic carbocycles. The van der Waals surface area contributed by atoms with Crippen LogP contribution in [0.5, 0.6) is 0 Å². The standard InChI is InChI=1S/C18H15N3/c1-12-4-3-5-14(8-12)10-15(11-19)18-20-16-7-6-13(2)9-17(16)21-18/h3-10H,1-2H3,(H,20,21)/b15-10+. The van der Waals surface area contributed by atoms with Gasteiger partial charge in [-0.25, -0.2) is 4.98 Å². The number of allylic oxidation sites excluding steroid dienone is 1. The largest absolute Gasteiger partial charge is 0.337 e. The summed E-state index contributed by atoms with van der Waals surface area (Å²) in [5.74, 6) is 0.611. The molecule has 0 unspecified atom stereocenters. The van der Waals surface area contributed by atoms with Crippen molar-refractivity contribution in [2.24, 2.45) is 0 Å². The molecule has 0 spiro atoms. The third-order valence-corrected chi connectivity index (χ3v) is 3.37. The predicted molar refractivity (Wildman–Crippen MR) is 85.5 cm³/mol. The van der Waals surface area contributed by atoms with Crippen LogP contribution in [0.1, 0.15) is 22.5 Å². The first-order valence-corrected chi connectivity index (χ1v) is 6.81. The SMILES string of the molecule is Cc1cccc(/C=C(\C#N)c2nc3ccc(C)cc3[nH]2)c1. The fourth-order valence-corrected chi connectivity index (χ4v) is 2.33. The molecule has 3 heteroatoms. The first-order valence-electron chi connectivity index (χ1n) is 6.81. The Bertz CT molecular complexity index is 879. The molecule has 21 heavy (non-hydrogen) atoms. The Kier molecular flexibility index (Phi) is 3.29. The van der Waals surface area contributed by atoms with Crippen molar-refractivity contribution in [2.45, 2.75) is 13.8 Å². The second-order valence-corrected chi connectivity index (χ2v) is 5.19. The highest BCUT2D eigenvalue weighted by atomic mass is 14.9. The van der Waals surface area contributed by atoms with Crippen molar-refractivity contribution in [3.63, 3.8) is 0 Å². The Balaban J connectivity index is 2.08. The maximum atomic E-state index is 9.41. The van der Waals surface area contributed by atoms with Crippen molar-refractivity contribution in [3.8, 4) is 6.07 Å². The number of aryl methyl sites for hydroxylation is 2. The van der Waals surface area contributed by atoms with Gasteiger partial charge in [0.25, 0.3) is 0 Å². The number of H-pyrrole nitrogens is 1. The topological polar surface area (TPSA) is 52.5 Å². The number of rotatable bonds is 2. The lowest BCUT2D eigenvalue weighted by atomic mass is 10.1. The quantitative estimate of drug-likeness (QED) is 0.710. The Morgan fingerprint density at radius 1 is 1.14 bits per heavy atom. The van der Waals surface area contributed by atoms with Crippen LogP contribution in [0.2, 0.25) is 0 Å². The number of nitrogens with one attached hydrogen (secondary N) is 1. The van der Waals surface area contributed by atoms with E-state index in [0.717, 1.165) is 16.6 Å². The minimum Gasteiger partial charge on any atom is -0.337 e. The van der Waals surface area contributed by atoms with Crippen molar-refractivity contribution >= 4 is 22.7 Å². The molecule has 0 fully saturated rings. The van der Waals surface area contributed by atoms with Crippen molar-refractivity contribution < 1.29 is 0 Å². The van der Waals surface area contributed by atoms with E-state index < -0.39 is 0 Å². The summed E-state index contributed by atoms with van der Waals surface area (Å²) in [5, 5.41) is 9.41. The van der Waals surface area contributed by atoms with Gasteiger partial charge in [-0.05, 0) is 43.2 Å². The van der Waals surface area contributed by atoms with Gasteiger partial charge in [0.1, 0.15) is 11.9 Å². The normalized spacial score (nSPS) is 11.6. The molecule has 0 aliphatic heterocycles. The minimum absolute atomic E-state index is 0.537. The van der Waals surface area contributed by atoms with E-state index in [4.69, 9.17) is 0 Å². The first-order chi connectivity index (χ1) is 10.2. The number of benzene rings is 2. The lowest BCUT2D eigenvalue weighted by molar-refractivity contribution is 1.27. The molecular weight excluding hydrogens is 258 g/mol. The van der Waals surface area contributed by atoms with Gasteiger partial charge < -0.3 is 4.98 Å². The van der Waals surface area contributed by atoms with E-state index in [2.05, 4.69) is 16.0 Å². The van der Waals surface area contributed by atoms with Gasteiger partial charge in [-0.1, -0.05) is 35.9 Å². The van der Waals surface area contributed by atoms with E-state index >= 15 is 0 Å². The fourth-order valence-electron chi connectivity index (χ4n) is 2.33. The Morgan fingerprint density at radius 2 is 1.95 bits per heavy atom. The van der Waals surface area contributed by atoms with Gasteiger partial charge in [0.05, 0.1) is 16.6 Å². The minimum atomic E-state index is 0.537. The van der Waals surface area contributed by atoms with Gasteiger partial charge >= 0.3 is 0 Å². The third-order valence-electron chi connectivity index (χ3n) is 3.37. The summed E-state index contributed by atoms with van der Waals surface area (Å²) in [7, 11) is 0. The maximum absolute atomic E-state index is 9.41. The number of aromatic nitrogens is 2. The zero-order chi connectivity index (χ0) is 14.8. The summed E-state index contributed by atoms with van der Waals surface area (Å²) in [6.07, 6.45) is 1.86. The second-order valence-electron chi connectivity index (χ2n) is 5.19. The molecule has 3 nitrogen and oxygen atoms in total. The van der Waals surface area contributed by atoms with Gasteiger partial charge in [0.15, 0.2) is 0 Å². The fraction of sp³-hybridized carbons (Fsp3) is 0.111. The number of fused-ring (bicyclic) bond motifs is 1. The molecule has 1 heterocycles. The molecule has 1 aromatic heterocycles. The van der Waals surface area contributed by atoms with Crippen LogP contribution in [-0.4, -0.2) is 9.97 Å². The molecule has 102 valence electrons. The summed E-state index contributed by atoms with van der Waals surface area (Å²) in [6.45, 7) is 4.07. The molecule has 0 aliphatic carbocycles. The van der Waals surface area contributed by atoms with E-state index in [1.54, 1.807) is 0 Å². The molecule has 0 saturated heterocycles.